The molecule has 2 aromatic heterocycles. The third-order valence-corrected chi connectivity index (χ3v) is 1.80. The fourth-order valence-corrected chi connectivity index (χ4v) is 1.19. The zero-order valence-corrected chi connectivity index (χ0v) is 7.71. The molecule has 0 fully saturated rings. The van der Waals surface area contributed by atoms with Crippen molar-refractivity contribution >= 4 is 0 Å². The van der Waals surface area contributed by atoms with Crippen LogP contribution >= 0.6 is 0 Å². The zero-order chi connectivity index (χ0) is 9.80. The Labute approximate surface area is 81.6 Å². The second kappa shape index (κ2) is 3.83. The summed E-state index contributed by atoms with van der Waals surface area (Å²) in [6.07, 6.45) is 6.63. The summed E-state index contributed by atoms with van der Waals surface area (Å²) >= 11 is 0. The summed E-state index contributed by atoms with van der Waals surface area (Å²) in [5.74, 6) is 0.563. The minimum Gasteiger partial charge on any atom is -0.481 e. The van der Waals surface area contributed by atoms with Crippen molar-refractivity contribution in [3.63, 3.8) is 0 Å². The summed E-state index contributed by atoms with van der Waals surface area (Å²) < 4.78 is 5.12. The Morgan fingerprint density at radius 2 is 2.07 bits per heavy atom. The summed E-state index contributed by atoms with van der Waals surface area (Å²) in [4.78, 5) is 12.2. The van der Waals surface area contributed by atoms with Gasteiger partial charge in [-0.3, -0.25) is 9.97 Å². The van der Waals surface area contributed by atoms with Crippen molar-refractivity contribution in [2.75, 3.05) is 7.11 Å². The van der Waals surface area contributed by atoms with Crippen LogP contribution in [0.2, 0.25) is 0 Å². The summed E-state index contributed by atoms with van der Waals surface area (Å²) in [5, 5.41) is 0. The van der Waals surface area contributed by atoms with Gasteiger partial charge in [-0.1, -0.05) is 0 Å². The Hall–Kier alpha value is -1.97. The number of methoxy groups -OCH3 is 1. The highest BCUT2D eigenvalue weighted by Crippen LogP contribution is 2.24. The number of hydrogen-bond donors (Lipinski definition) is 0. The van der Waals surface area contributed by atoms with E-state index in [0.717, 1.165) is 11.3 Å². The minimum absolute atomic E-state index is 0.563. The lowest BCUT2D eigenvalue weighted by molar-refractivity contribution is 0.399. The van der Waals surface area contributed by atoms with Crippen molar-refractivity contribution < 1.29 is 4.74 Å². The molecule has 0 aliphatic heterocycles. The smallest absolute Gasteiger partial charge is 0.222 e. The molecule has 70 valence electrons. The summed E-state index contributed by atoms with van der Waals surface area (Å²) in [6.45, 7) is 0. The van der Waals surface area contributed by atoms with Gasteiger partial charge >= 0.3 is 0 Å². The van der Waals surface area contributed by atoms with Crippen LogP contribution in [0.5, 0.6) is 5.88 Å². The molecule has 0 aromatic carbocycles. The number of rotatable bonds is 2. The maximum atomic E-state index is 5.12. The van der Waals surface area contributed by atoms with Crippen molar-refractivity contribution in [3.8, 4) is 17.1 Å². The van der Waals surface area contributed by atoms with Crippen molar-refractivity contribution in [1.82, 2.24) is 15.0 Å². The number of hydrogen-bond acceptors (Lipinski definition) is 4. The van der Waals surface area contributed by atoms with Gasteiger partial charge in [0, 0.05) is 18.6 Å². The Morgan fingerprint density at radius 3 is 2.79 bits per heavy atom. The average molecular weight is 187 g/mol. The van der Waals surface area contributed by atoms with E-state index < -0.39 is 0 Å². The van der Waals surface area contributed by atoms with E-state index in [0.29, 0.717) is 5.88 Å². The van der Waals surface area contributed by atoms with Crippen molar-refractivity contribution in [1.29, 1.82) is 0 Å². The molecule has 0 N–H and O–H groups in total. The standard InChI is InChI=1S/C10H9N3O/c1-14-10-8(3-2-4-13-10)9-7-11-5-6-12-9/h2-7H,1H3. The first kappa shape index (κ1) is 8.62. The van der Waals surface area contributed by atoms with E-state index in [1.54, 1.807) is 31.9 Å². The molecule has 0 aliphatic rings. The summed E-state index contributed by atoms with van der Waals surface area (Å²) in [7, 11) is 1.59. The van der Waals surface area contributed by atoms with Crippen LogP contribution < -0.4 is 4.74 Å². The van der Waals surface area contributed by atoms with Gasteiger partial charge in [-0.05, 0) is 12.1 Å². The monoisotopic (exact) mass is 187 g/mol. The van der Waals surface area contributed by atoms with Crippen LogP contribution in [-0.4, -0.2) is 22.1 Å². The van der Waals surface area contributed by atoms with E-state index in [9.17, 15) is 0 Å². The molecule has 2 aromatic rings. The van der Waals surface area contributed by atoms with Crippen LogP contribution in [0.3, 0.4) is 0 Å². The van der Waals surface area contributed by atoms with E-state index in [4.69, 9.17) is 4.74 Å². The van der Waals surface area contributed by atoms with E-state index in [1.807, 2.05) is 12.1 Å². The Bertz CT molecular complexity index is 417. The maximum Gasteiger partial charge on any atom is 0.222 e. The van der Waals surface area contributed by atoms with Gasteiger partial charge in [0.25, 0.3) is 0 Å². The lowest BCUT2D eigenvalue weighted by atomic mass is 10.2. The van der Waals surface area contributed by atoms with Gasteiger partial charge in [-0.25, -0.2) is 4.98 Å². The van der Waals surface area contributed by atoms with Crippen LogP contribution in [0.15, 0.2) is 36.9 Å². The molecule has 2 rings (SSSR count). The van der Waals surface area contributed by atoms with Crippen LogP contribution in [0.1, 0.15) is 0 Å². The van der Waals surface area contributed by atoms with Crippen molar-refractivity contribution in [3.05, 3.63) is 36.9 Å². The molecule has 0 saturated heterocycles. The van der Waals surface area contributed by atoms with Crippen LogP contribution in [0, 0.1) is 0 Å². The van der Waals surface area contributed by atoms with Gasteiger partial charge in [0.1, 0.15) is 0 Å². The first-order chi connectivity index (χ1) is 6.92. The SMILES string of the molecule is COc1ncccc1-c1cnccn1. The lowest BCUT2D eigenvalue weighted by Gasteiger charge is -2.04. The molecule has 2 heterocycles. The van der Waals surface area contributed by atoms with Crippen molar-refractivity contribution in [2.45, 2.75) is 0 Å². The van der Waals surface area contributed by atoms with Crippen LogP contribution in [0.4, 0.5) is 0 Å². The van der Waals surface area contributed by atoms with E-state index in [2.05, 4.69) is 15.0 Å². The van der Waals surface area contributed by atoms with Gasteiger partial charge in [-0.15, -0.1) is 0 Å². The predicted octanol–water partition coefficient (Wildman–Crippen LogP) is 1.55. The number of nitrogens with zero attached hydrogens (tertiary/aromatic N) is 3. The Balaban J connectivity index is 2.51. The molecule has 0 aliphatic carbocycles. The molecule has 0 saturated carbocycles. The third-order valence-electron chi connectivity index (χ3n) is 1.80. The van der Waals surface area contributed by atoms with Gasteiger partial charge < -0.3 is 4.74 Å². The second-order valence-electron chi connectivity index (χ2n) is 2.65. The quantitative estimate of drug-likeness (QED) is 0.715. The molecule has 0 amide bonds. The highest BCUT2D eigenvalue weighted by molar-refractivity contribution is 5.63. The topological polar surface area (TPSA) is 47.9 Å². The number of aromatic nitrogens is 3. The highest BCUT2D eigenvalue weighted by atomic mass is 16.5. The fourth-order valence-electron chi connectivity index (χ4n) is 1.19. The fraction of sp³-hybridized carbons (Fsp3) is 0.100. The minimum atomic E-state index is 0.563. The molecular weight excluding hydrogens is 178 g/mol. The number of ether oxygens (including phenoxy) is 1. The maximum absolute atomic E-state index is 5.12. The molecule has 0 spiro atoms. The largest absolute Gasteiger partial charge is 0.481 e. The van der Waals surface area contributed by atoms with Gasteiger partial charge in [0.15, 0.2) is 0 Å². The molecule has 0 unspecified atom stereocenters. The predicted molar refractivity (Wildman–Crippen MR) is 51.8 cm³/mol. The lowest BCUT2D eigenvalue weighted by Crippen LogP contribution is -1.92. The van der Waals surface area contributed by atoms with Gasteiger partial charge in [0.05, 0.1) is 24.6 Å². The Morgan fingerprint density at radius 1 is 1.14 bits per heavy atom. The summed E-state index contributed by atoms with van der Waals surface area (Å²) in [6, 6.07) is 3.74. The molecule has 4 heteroatoms. The Kier molecular flexibility index (Phi) is 2.36. The first-order valence-electron chi connectivity index (χ1n) is 4.17. The van der Waals surface area contributed by atoms with Gasteiger partial charge in [0.2, 0.25) is 5.88 Å². The van der Waals surface area contributed by atoms with E-state index in [1.165, 1.54) is 0 Å². The van der Waals surface area contributed by atoms with Gasteiger partial charge in [-0.2, -0.15) is 0 Å². The summed E-state index contributed by atoms with van der Waals surface area (Å²) in [5.41, 5.74) is 1.61. The third kappa shape index (κ3) is 1.54. The molecule has 14 heavy (non-hydrogen) atoms. The normalized spacial score (nSPS) is 9.79. The highest BCUT2D eigenvalue weighted by Gasteiger charge is 2.06. The first-order valence-corrected chi connectivity index (χ1v) is 4.17. The molecule has 4 nitrogen and oxygen atoms in total. The molecule has 0 atom stereocenters. The molecule has 0 bridgehead atoms. The van der Waals surface area contributed by atoms with Crippen LogP contribution in [-0.2, 0) is 0 Å². The molecule has 0 radical (unpaired) electrons. The van der Waals surface area contributed by atoms with E-state index >= 15 is 0 Å². The molecular formula is C10H9N3O. The average Bonchev–Trinajstić information content (AvgIpc) is 2.30. The second-order valence-corrected chi connectivity index (χ2v) is 2.65. The number of pyridine rings is 1. The van der Waals surface area contributed by atoms with E-state index in [-0.39, 0.29) is 0 Å². The zero-order valence-electron chi connectivity index (χ0n) is 7.71. The van der Waals surface area contributed by atoms with Crippen molar-refractivity contribution in [2.24, 2.45) is 0 Å². The van der Waals surface area contributed by atoms with Crippen LogP contribution in [0.25, 0.3) is 11.3 Å².